The minimum atomic E-state index is 0.181. The van der Waals surface area contributed by atoms with Gasteiger partial charge in [0.05, 0.1) is 5.02 Å². The Labute approximate surface area is 109 Å². The Balaban J connectivity index is 2.57. The van der Waals surface area contributed by atoms with E-state index in [2.05, 4.69) is 19.2 Å². The van der Waals surface area contributed by atoms with Crippen LogP contribution in [0.3, 0.4) is 0 Å². The van der Waals surface area contributed by atoms with Gasteiger partial charge in [0.2, 0.25) is 0 Å². The molecule has 0 bridgehead atoms. The van der Waals surface area contributed by atoms with E-state index >= 15 is 0 Å². The monoisotopic (exact) mass is 255 g/mol. The van der Waals surface area contributed by atoms with Crippen LogP contribution in [-0.4, -0.2) is 19.2 Å². The van der Waals surface area contributed by atoms with Crippen LogP contribution in [0.15, 0.2) is 18.2 Å². The summed E-state index contributed by atoms with van der Waals surface area (Å²) in [5.74, 6) is 0.789. The predicted molar refractivity (Wildman–Crippen MR) is 74.1 cm³/mol. The quantitative estimate of drug-likeness (QED) is 0.749. The van der Waals surface area contributed by atoms with Crippen LogP contribution in [0.4, 0.5) is 0 Å². The fourth-order valence-corrected chi connectivity index (χ4v) is 1.75. The van der Waals surface area contributed by atoms with Gasteiger partial charge < -0.3 is 10.1 Å². The lowest BCUT2D eigenvalue weighted by Gasteiger charge is -2.19. The maximum atomic E-state index is 6.11. The highest BCUT2D eigenvalue weighted by Crippen LogP contribution is 2.26. The molecule has 0 saturated heterocycles. The van der Waals surface area contributed by atoms with Crippen molar-refractivity contribution in [3.8, 4) is 5.75 Å². The van der Waals surface area contributed by atoms with Crippen LogP contribution in [0, 0.1) is 6.92 Å². The second-order valence-corrected chi connectivity index (χ2v) is 4.69. The Bertz CT molecular complexity index is 341. The summed E-state index contributed by atoms with van der Waals surface area (Å²) in [5, 5.41) is 4.06. The third kappa shape index (κ3) is 4.97. The Hall–Kier alpha value is -0.730. The summed E-state index contributed by atoms with van der Waals surface area (Å²) >= 11 is 6.11. The van der Waals surface area contributed by atoms with E-state index in [1.165, 1.54) is 5.56 Å². The fourth-order valence-electron chi connectivity index (χ4n) is 1.59. The summed E-state index contributed by atoms with van der Waals surface area (Å²) in [5.41, 5.74) is 1.17. The number of halogens is 1. The van der Waals surface area contributed by atoms with Crippen molar-refractivity contribution in [2.24, 2.45) is 0 Å². The van der Waals surface area contributed by atoms with E-state index in [1.54, 1.807) is 0 Å². The fraction of sp³-hybridized carbons (Fsp3) is 0.571. The smallest absolute Gasteiger partial charge is 0.138 e. The highest BCUT2D eigenvalue weighted by molar-refractivity contribution is 6.32. The molecule has 0 aliphatic carbocycles. The molecule has 1 N–H and O–H groups in total. The third-order valence-corrected chi connectivity index (χ3v) is 2.95. The summed E-state index contributed by atoms with van der Waals surface area (Å²) in [6.07, 6.45) is 2.30. The number of ether oxygens (including phenoxy) is 1. The van der Waals surface area contributed by atoms with Crippen LogP contribution in [-0.2, 0) is 0 Å². The lowest BCUT2D eigenvalue weighted by atomic mass is 10.2. The van der Waals surface area contributed by atoms with Gasteiger partial charge in [-0.15, -0.1) is 0 Å². The SMILES string of the molecule is CCCNCC(CC)Oc1cc(C)ccc1Cl. The minimum absolute atomic E-state index is 0.181. The zero-order valence-corrected chi connectivity index (χ0v) is 11.7. The van der Waals surface area contributed by atoms with Gasteiger partial charge in [0.1, 0.15) is 11.9 Å². The first-order valence-electron chi connectivity index (χ1n) is 6.30. The van der Waals surface area contributed by atoms with Gasteiger partial charge in [-0.1, -0.05) is 31.5 Å². The van der Waals surface area contributed by atoms with E-state index in [0.29, 0.717) is 5.02 Å². The lowest BCUT2D eigenvalue weighted by molar-refractivity contribution is 0.193. The molecule has 0 spiro atoms. The Morgan fingerprint density at radius 1 is 1.35 bits per heavy atom. The van der Waals surface area contributed by atoms with Crippen LogP contribution in [0.25, 0.3) is 0 Å². The number of hydrogen-bond donors (Lipinski definition) is 1. The molecule has 1 aromatic rings. The number of nitrogens with one attached hydrogen (secondary N) is 1. The topological polar surface area (TPSA) is 21.3 Å². The summed E-state index contributed by atoms with van der Waals surface area (Å²) in [6.45, 7) is 8.23. The van der Waals surface area contributed by atoms with Crippen molar-refractivity contribution in [2.45, 2.75) is 39.7 Å². The molecule has 17 heavy (non-hydrogen) atoms. The van der Waals surface area contributed by atoms with Crippen molar-refractivity contribution in [2.75, 3.05) is 13.1 Å². The van der Waals surface area contributed by atoms with E-state index in [4.69, 9.17) is 16.3 Å². The van der Waals surface area contributed by atoms with Crippen molar-refractivity contribution in [3.05, 3.63) is 28.8 Å². The van der Waals surface area contributed by atoms with Gasteiger partial charge in [0.15, 0.2) is 0 Å². The average molecular weight is 256 g/mol. The van der Waals surface area contributed by atoms with Gasteiger partial charge in [0.25, 0.3) is 0 Å². The molecule has 1 rings (SSSR count). The van der Waals surface area contributed by atoms with E-state index in [0.717, 1.165) is 31.7 Å². The molecule has 0 heterocycles. The van der Waals surface area contributed by atoms with Crippen LogP contribution in [0.5, 0.6) is 5.75 Å². The molecular weight excluding hydrogens is 234 g/mol. The van der Waals surface area contributed by atoms with Crippen LogP contribution in [0.2, 0.25) is 5.02 Å². The lowest BCUT2D eigenvalue weighted by Crippen LogP contribution is -2.31. The Morgan fingerprint density at radius 2 is 2.12 bits per heavy atom. The van der Waals surface area contributed by atoms with E-state index < -0.39 is 0 Å². The van der Waals surface area contributed by atoms with Gasteiger partial charge in [-0.25, -0.2) is 0 Å². The Morgan fingerprint density at radius 3 is 2.76 bits per heavy atom. The molecule has 0 aliphatic heterocycles. The predicted octanol–water partition coefficient (Wildman–Crippen LogP) is 3.81. The molecule has 0 saturated carbocycles. The second kappa shape index (κ2) is 7.57. The molecule has 0 amide bonds. The maximum absolute atomic E-state index is 6.11. The summed E-state index contributed by atoms with van der Waals surface area (Å²) in [6, 6.07) is 5.87. The largest absolute Gasteiger partial charge is 0.488 e. The average Bonchev–Trinajstić information content (AvgIpc) is 2.32. The third-order valence-electron chi connectivity index (χ3n) is 2.63. The molecule has 1 atom stereocenters. The molecule has 0 aliphatic rings. The van der Waals surface area contributed by atoms with Gasteiger partial charge >= 0.3 is 0 Å². The van der Waals surface area contributed by atoms with Crippen molar-refractivity contribution in [3.63, 3.8) is 0 Å². The summed E-state index contributed by atoms with van der Waals surface area (Å²) in [4.78, 5) is 0. The number of hydrogen-bond acceptors (Lipinski definition) is 2. The summed E-state index contributed by atoms with van der Waals surface area (Å²) < 4.78 is 5.93. The molecule has 1 unspecified atom stereocenters. The molecular formula is C14H22ClNO. The Kier molecular flexibility index (Phi) is 6.38. The van der Waals surface area contributed by atoms with Gasteiger partial charge in [-0.3, -0.25) is 0 Å². The van der Waals surface area contributed by atoms with Crippen molar-refractivity contribution >= 4 is 11.6 Å². The van der Waals surface area contributed by atoms with Gasteiger partial charge in [0, 0.05) is 6.54 Å². The highest BCUT2D eigenvalue weighted by atomic mass is 35.5. The van der Waals surface area contributed by atoms with Crippen LogP contribution in [0.1, 0.15) is 32.3 Å². The zero-order chi connectivity index (χ0) is 12.7. The zero-order valence-electron chi connectivity index (χ0n) is 10.9. The second-order valence-electron chi connectivity index (χ2n) is 4.29. The standard InChI is InChI=1S/C14H22ClNO/c1-4-8-16-10-12(5-2)17-14-9-11(3)6-7-13(14)15/h6-7,9,12,16H,4-5,8,10H2,1-3H3. The normalized spacial score (nSPS) is 12.5. The number of rotatable bonds is 7. The molecule has 2 nitrogen and oxygen atoms in total. The molecule has 0 aromatic heterocycles. The van der Waals surface area contributed by atoms with Gasteiger partial charge in [-0.05, 0) is 44.0 Å². The first kappa shape index (κ1) is 14.3. The van der Waals surface area contributed by atoms with Gasteiger partial charge in [-0.2, -0.15) is 0 Å². The highest BCUT2D eigenvalue weighted by Gasteiger charge is 2.10. The molecule has 0 fully saturated rings. The number of aryl methyl sites for hydroxylation is 1. The molecule has 0 radical (unpaired) electrons. The van der Waals surface area contributed by atoms with E-state index in [9.17, 15) is 0 Å². The minimum Gasteiger partial charge on any atom is -0.488 e. The van der Waals surface area contributed by atoms with Crippen molar-refractivity contribution < 1.29 is 4.74 Å². The molecule has 96 valence electrons. The molecule has 3 heteroatoms. The maximum Gasteiger partial charge on any atom is 0.138 e. The van der Waals surface area contributed by atoms with Crippen molar-refractivity contribution in [1.29, 1.82) is 0 Å². The van der Waals surface area contributed by atoms with Crippen LogP contribution < -0.4 is 10.1 Å². The molecule has 1 aromatic carbocycles. The van der Waals surface area contributed by atoms with E-state index in [-0.39, 0.29) is 6.10 Å². The first-order chi connectivity index (χ1) is 8.17. The summed E-state index contributed by atoms with van der Waals surface area (Å²) in [7, 11) is 0. The number of benzene rings is 1. The van der Waals surface area contributed by atoms with Crippen molar-refractivity contribution in [1.82, 2.24) is 5.32 Å². The first-order valence-corrected chi connectivity index (χ1v) is 6.68. The van der Waals surface area contributed by atoms with E-state index in [1.807, 2.05) is 25.1 Å². The van der Waals surface area contributed by atoms with Crippen LogP contribution >= 0.6 is 11.6 Å².